The van der Waals surface area contributed by atoms with Crippen LogP contribution in [0, 0.1) is 5.92 Å². The average Bonchev–Trinajstić information content (AvgIpc) is 2.75. The quantitative estimate of drug-likeness (QED) is 0.843. The minimum absolute atomic E-state index is 0.276. The molecule has 0 bridgehead atoms. The molecule has 1 atom stereocenters. The number of nitrogens with zero attached hydrogens (tertiary/aromatic N) is 1. The van der Waals surface area contributed by atoms with Crippen LogP contribution in [0.1, 0.15) is 32.8 Å². The molecule has 1 unspecified atom stereocenters. The van der Waals surface area contributed by atoms with Crippen LogP contribution in [0.5, 0.6) is 0 Å². The predicted octanol–water partition coefficient (Wildman–Crippen LogP) is 5.16. The van der Waals surface area contributed by atoms with Gasteiger partial charge in [0.15, 0.2) is 5.13 Å². The first kappa shape index (κ1) is 15.1. The third-order valence-electron chi connectivity index (χ3n) is 3.27. The number of nitrogens with one attached hydrogen (secondary N) is 1. The van der Waals surface area contributed by atoms with Gasteiger partial charge in [0.2, 0.25) is 0 Å². The number of fused-ring (bicyclic) bond motifs is 1. The van der Waals surface area contributed by atoms with Crippen molar-refractivity contribution in [1.29, 1.82) is 0 Å². The fourth-order valence-corrected chi connectivity index (χ4v) is 2.97. The van der Waals surface area contributed by atoms with Gasteiger partial charge in [0, 0.05) is 6.04 Å². The van der Waals surface area contributed by atoms with Crippen molar-refractivity contribution in [2.45, 2.75) is 39.4 Å². The van der Waals surface area contributed by atoms with Crippen LogP contribution in [0.25, 0.3) is 10.2 Å². The molecule has 0 aliphatic rings. The van der Waals surface area contributed by atoms with Crippen LogP contribution >= 0.6 is 11.3 Å². The van der Waals surface area contributed by atoms with Gasteiger partial charge < -0.3 is 5.32 Å². The van der Waals surface area contributed by atoms with E-state index in [4.69, 9.17) is 0 Å². The maximum atomic E-state index is 12.7. The van der Waals surface area contributed by atoms with E-state index >= 15 is 0 Å². The number of anilines is 1. The normalized spacial score (nSPS) is 13.9. The van der Waals surface area contributed by atoms with Gasteiger partial charge >= 0.3 is 6.18 Å². The third-order valence-corrected chi connectivity index (χ3v) is 4.24. The van der Waals surface area contributed by atoms with E-state index in [-0.39, 0.29) is 6.04 Å². The molecule has 6 heteroatoms. The molecule has 0 saturated carbocycles. The fraction of sp³-hybridized carbons (Fsp3) is 0.500. The van der Waals surface area contributed by atoms with Crippen molar-refractivity contribution in [2.24, 2.45) is 5.92 Å². The van der Waals surface area contributed by atoms with E-state index in [9.17, 15) is 13.2 Å². The molecular formula is C14H17F3N2S. The number of benzene rings is 1. The highest BCUT2D eigenvalue weighted by molar-refractivity contribution is 7.22. The zero-order chi connectivity index (χ0) is 14.9. The van der Waals surface area contributed by atoms with E-state index in [2.05, 4.69) is 31.1 Å². The molecule has 2 nitrogen and oxygen atoms in total. The lowest BCUT2D eigenvalue weighted by Gasteiger charge is -2.19. The number of thiazole rings is 1. The average molecular weight is 302 g/mol. The first-order valence-electron chi connectivity index (χ1n) is 6.55. The highest BCUT2D eigenvalue weighted by Crippen LogP contribution is 2.34. The van der Waals surface area contributed by atoms with Crippen molar-refractivity contribution in [2.75, 3.05) is 5.32 Å². The van der Waals surface area contributed by atoms with Gasteiger partial charge in [0.05, 0.1) is 15.8 Å². The zero-order valence-corrected chi connectivity index (χ0v) is 12.4. The van der Waals surface area contributed by atoms with E-state index in [1.807, 2.05) is 0 Å². The molecule has 2 rings (SSSR count). The van der Waals surface area contributed by atoms with Gasteiger partial charge in [0.25, 0.3) is 0 Å². The van der Waals surface area contributed by atoms with Crippen molar-refractivity contribution in [3.05, 3.63) is 23.8 Å². The number of aromatic nitrogens is 1. The molecule has 1 aromatic heterocycles. The number of hydrogen-bond donors (Lipinski definition) is 1. The van der Waals surface area contributed by atoms with Crippen LogP contribution in [0.2, 0.25) is 0 Å². The Morgan fingerprint density at radius 2 is 2.00 bits per heavy atom. The Balaban J connectivity index is 2.30. The zero-order valence-electron chi connectivity index (χ0n) is 11.6. The van der Waals surface area contributed by atoms with Gasteiger partial charge in [-0.05, 0) is 30.5 Å². The van der Waals surface area contributed by atoms with Gasteiger partial charge in [-0.3, -0.25) is 0 Å². The first-order chi connectivity index (χ1) is 9.31. The van der Waals surface area contributed by atoms with Crippen molar-refractivity contribution in [3.8, 4) is 0 Å². The summed E-state index contributed by atoms with van der Waals surface area (Å²) < 4.78 is 38.7. The Morgan fingerprint density at radius 1 is 1.30 bits per heavy atom. The molecule has 0 aliphatic carbocycles. The number of alkyl halides is 3. The Hall–Kier alpha value is -1.30. The second-order valence-electron chi connectivity index (χ2n) is 5.10. The summed E-state index contributed by atoms with van der Waals surface area (Å²) in [4.78, 5) is 4.26. The van der Waals surface area contributed by atoms with Crippen LogP contribution in [0.4, 0.5) is 18.3 Å². The van der Waals surface area contributed by atoms with E-state index in [0.29, 0.717) is 16.6 Å². The Bertz CT molecular complexity index is 590. The largest absolute Gasteiger partial charge is 0.416 e. The summed E-state index contributed by atoms with van der Waals surface area (Å²) in [6.07, 6.45) is -3.38. The van der Waals surface area contributed by atoms with Crippen molar-refractivity contribution >= 4 is 26.7 Å². The maximum absolute atomic E-state index is 12.7. The fourth-order valence-electron chi connectivity index (χ4n) is 2.06. The Labute approximate surface area is 120 Å². The van der Waals surface area contributed by atoms with Gasteiger partial charge in [-0.15, -0.1) is 0 Å². The summed E-state index contributed by atoms with van der Waals surface area (Å²) in [5, 5.41) is 3.98. The molecule has 0 radical (unpaired) electrons. The summed E-state index contributed by atoms with van der Waals surface area (Å²) in [7, 11) is 0. The second kappa shape index (κ2) is 5.60. The summed E-state index contributed by atoms with van der Waals surface area (Å²) in [6, 6.07) is 3.96. The summed E-state index contributed by atoms with van der Waals surface area (Å²) in [5.41, 5.74) is -0.260. The molecule has 1 heterocycles. The molecular weight excluding hydrogens is 285 g/mol. The van der Waals surface area contributed by atoms with E-state index < -0.39 is 11.7 Å². The summed E-state index contributed by atoms with van der Waals surface area (Å²) in [6.45, 7) is 6.29. The number of halogens is 3. The molecule has 0 spiro atoms. The topological polar surface area (TPSA) is 24.9 Å². The lowest BCUT2D eigenvalue weighted by molar-refractivity contribution is -0.137. The van der Waals surface area contributed by atoms with Gasteiger partial charge in [-0.2, -0.15) is 13.2 Å². The monoisotopic (exact) mass is 302 g/mol. The van der Waals surface area contributed by atoms with Crippen LogP contribution in [0.15, 0.2) is 18.2 Å². The number of rotatable bonds is 4. The van der Waals surface area contributed by atoms with Gasteiger partial charge in [-0.1, -0.05) is 32.1 Å². The van der Waals surface area contributed by atoms with E-state index in [0.717, 1.165) is 23.3 Å². The Morgan fingerprint density at radius 3 is 2.55 bits per heavy atom. The minimum atomic E-state index is -4.32. The first-order valence-corrected chi connectivity index (χ1v) is 7.37. The van der Waals surface area contributed by atoms with Gasteiger partial charge in [-0.25, -0.2) is 4.98 Å². The third kappa shape index (κ3) is 3.23. The lowest BCUT2D eigenvalue weighted by Crippen LogP contribution is -2.24. The van der Waals surface area contributed by atoms with Crippen LogP contribution in [0.3, 0.4) is 0 Å². The van der Waals surface area contributed by atoms with E-state index in [1.54, 1.807) is 0 Å². The molecule has 1 aromatic carbocycles. The molecule has 0 saturated heterocycles. The smallest absolute Gasteiger partial charge is 0.359 e. The second-order valence-corrected chi connectivity index (χ2v) is 6.13. The molecule has 110 valence electrons. The predicted molar refractivity (Wildman–Crippen MR) is 77.2 cm³/mol. The molecule has 2 aromatic rings. The summed E-state index contributed by atoms with van der Waals surface area (Å²) in [5.74, 6) is 0.442. The highest BCUT2D eigenvalue weighted by Gasteiger charge is 2.30. The molecule has 0 amide bonds. The van der Waals surface area contributed by atoms with Crippen molar-refractivity contribution < 1.29 is 13.2 Å². The summed E-state index contributed by atoms with van der Waals surface area (Å²) >= 11 is 1.39. The van der Waals surface area contributed by atoms with Crippen molar-refractivity contribution in [1.82, 2.24) is 4.98 Å². The van der Waals surface area contributed by atoms with Crippen LogP contribution < -0.4 is 5.32 Å². The number of hydrogen-bond acceptors (Lipinski definition) is 3. The molecule has 1 N–H and O–H groups in total. The van der Waals surface area contributed by atoms with Crippen LogP contribution in [-0.4, -0.2) is 11.0 Å². The highest BCUT2D eigenvalue weighted by atomic mass is 32.1. The lowest BCUT2D eigenvalue weighted by atomic mass is 10.0. The molecule has 0 aliphatic heterocycles. The van der Waals surface area contributed by atoms with E-state index in [1.165, 1.54) is 17.4 Å². The van der Waals surface area contributed by atoms with Crippen molar-refractivity contribution in [3.63, 3.8) is 0 Å². The van der Waals surface area contributed by atoms with Gasteiger partial charge in [0.1, 0.15) is 0 Å². The standard InChI is InChI=1S/C14H17F3N2S/c1-4-10(8(2)3)18-13-19-11-7-9(14(15,16)17)5-6-12(11)20-13/h5-8,10H,4H2,1-3H3,(H,18,19). The minimum Gasteiger partial charge on any atom is -0.359 e. The van der Waals surface area contributed by atoms with Crippen LogP contribution in [-0.2, 0) is 6.18 Å². The SMILES string of the molecule is CCC(Nc1nc2cc(C(F)(F)F)ccc2s1)C(C)C. The molecule has 0 fully saturated rings. The maximum Gasteiger partial charge on any atom is 0.416 e. The Kier molecular flexibility index (Phi) is 4.22. The molecule has 20 heavy (non-hydrogen) atoms.